The van der Waals surface area contributed by atoms with Crippen molar-refractivity contribution in [1.82, 2.24) is 4.90 Å². The van der Waals surface area contributed by atoms with Gasteiger partial charge >= 0.3 is 0 Å². The molecule has 0 amide bonds. The molecule has 2 N–H and O–H groups in total. The molecule has 1 saturated carbocycles. The summed E-state index contributed by atoms with van der Waals surface area (Å²) in [4.78, 5) is 2.53. The Hall–Kier alpha value is -0.0800. The van der Waals surface area contributed by atoms with Crippen LogP contribution in [-0.2, 0) is 0 Å². The van der Waals surface area contributed by atoms with E-state index in [0.717, 1.165) is 5.92 Å². The lowest BCUT2D eigenvalue weighted by atomic mass is 9.88. The van der Waals surface area contributed by atoms with Gasteiger partial charge in [0.15, 0.2) is 0 Å². The number of piperidine rings is 1. The highest BCUT2D eigenvalue weighted by Gasteiger charge is 2.22. The van der Waals surface area contributed by atoms with Gasteiger partial charge in [-0.05, 0) is 44.6 Å². The Kier molecular flexibility index (Phi) is 3.82. The molecule has 0 radical (unpaired) electrons. The molecule has 2 rings (SSSR count). The third-order valence-electron chi connectivity index (χ3n) is 3.88. The van der Waals surface area contributed by atoms with E-state index in [1.807, 2.05) is 0 Å². The van der Waals surface area contributed by atoms with Gasteiger partial charge in [-0.25, -0.2) is 0 Å². The van der Waals surface area contributed by atoms with Crippen molar-refractivity contribution < 1.29 is 0 Å². The predicted octanol–water partition coefficient (Wildman–Crippen LogP) is 2.34. The third kappa shape index (κ3) is 2.71. The molecule has 1 saturated heterocycles. The van der Waals surface area contributed by atoms with E-state index in [1.54, 1.807) is 0 Å². The maximum absolute atomic E-state index is 6.12. The molecule has 1 atom stereocenters. The number of nitrogens with zero attached hydrogens (tertiary/aromatic N) is 1. The van der Waals surface area contributed by atoms with Gasteiger partial charge in [0.25, 0.3) is 0 Å². The second-order valence-corrected chi connectivity index (χ2v) is 5.06. The summed E-state index contributed by atoms with van der Waals surface area (Å²) in [5.74, 6) is 0.952. The van der Waals surface area contributed by atoms with Crippen LogP contribution in [0.2, 0.25) is 0 Å². The normalized spacial score (nSPS) is 31.9. The Bertz CT molecular complexity index is 164. The molecular formula is C12H24N2. The van der Waals surface area contributed by atoms with E-state index in [-0.39, 0.29) is 0 Å². The summed E-state index contributed by atoms with van der Waals surface area (Å²) in [5.41, 5.74) is 6.12. The van der Waals surface area contributed by atoms with E-state index in [4.69, 9.17) is 5.73 Å². The van der Waals surface area contributed by atoms with E-state index < -0.39 is 0 Å². The highest BCUT2D eigenvalue weighted by Crippen LogP contribution is 2.26. The molecule has 82 valence electrons. The molecule has 2 nitrogen and oxygen atoms in total. The molecule has 2 fully saturated rings. The van der Waals surface area contributed by atoms with Crippen LogP contribution in [0, 0.1) is 5.92 Å². The number of hydrogen-bond acceptors (Lipinski definition) is 2. The van der Waals surface area contributed by atoms with Gasteiger partial charge in [0.05, 0.1) is 6.17 Å². The van der Waals surface area contributed by atoms with Gasteiger partial charge in [-0.3, -0.25) is 4.90 Å². The largest absolute Gasteiger partial charge is 0.316 e. The Balaban J connectivity index is 1.76. The summed E-state index contributed by atoms with van der Waals surface area (Å²) in [6, 6.07) is 0. The fourth-order valence-electron chi connectivity index (χ4n) is 2.94. The number of hydrogen-bond donors (Lipinski definition) is 1. The zero-order valence-corrected chi connectivity index (χ0v) is 9.25. The van der Waals surface area contributed by atoms with Crippen LogP contribution in [0.15, 0.2) is 0 Å². The van der Waals surface area contributed by atoms with E-state index in [2.05, 4.69) is 4.90 Å². The predicted molar refractivity (Wildman–Crippen MR) is 60.0 cm³/mol. The molecule has 1 heterocycles. The maximum atomic E-state index is 6.12. The topological polar surface area (TPSA) is 29.3 Å². The lowest BCUT2D eigenvalue weighted by Gasteiger charge is -2.36. The fourth-order valence-corrected chi connectivity index (χ4v) is 2.94. The van der Waals surface area contributed by atoms with Crippen molar-refractivity contribution in [2.24, 2.45) is 11.7 Å². The SMILES string of the molecule is NC1CCCCN1CC1CCCCC1. The van der Waals surface area contributed by atoms with E-state index in [1.165, 1.54) is 64.5 Å². The van der Waals surface area contributed by atoms with Crippen molar-refractivity contribution in [1.29, 1.82) is 0 Å². The molecule has 1 aliphatic carbocycles. The highest BCUT2D eigenvalue weighted by atomic mass is 15.2. The number of nitrogens with two attached hydrogens (primary N) is 1. The first kappa shape index (κ1) is 10.4. The smallest absolute Gasteiger partial charge is 0.0571 e. The summed E-state index contributed by atoms with van der Waals surface area (Å²) in [6.07, 6.45) is 11.5. The van der Waals surface area contributed by atoms with Crippen LogP contribution in [0.4, 0.5) is 0 Å². The minimum Gasteiger partial charge on any atom is -0.316 e. The Morgan fingerprint density at radius 1 is 0.929 bits per heavy atom. The molecule has 0 aromatic rings. The summed E-state index contributed by atoms with van der Waals surface area (Å²) in [6.45, 7) is 2.53. The summed E-state index contributed by atoms with van der Waals surface area (Å²) >= 11 is 0. The van der Waals surface area contributed by atoms with Crippen molar-refractivity contribution in [3.63, 3.8) is 0 Å². The highest BCUT2D eigenvalue weighted by molar-refractivity contribution is 4.76. The Morgan fingerprint density at radius 3 is 2.36 bits per heavy atom. The molecule has 1 aliphatic heterocycles. The van der Waals surface area contributed by atoms with Crippen LogP contribution in [0.1, 0.15) is 51.4 Å². The number of rotatable bonds is 2. The zero-order valence-electron chi connectivity index (χ0n) is 9.25. The van der Waals surface area contributed by atoms with Crippen molar-refractivity contribution in [2.45, 2.75) is 57.5 Å². The standard InChI is InChI=1S/C12H24N2/c13-12-8-4-5-9-14(12)10-11-6-2-1-3-7-11/h11-12H,1-10,13H2. The van der Waals surface area contributed by atoms with Crippen LogP contribution in [0.5, 0.6) is 0 Å². The van der Waals surface area contributed by atoms with Crippen molar-refractivity contribution in [3.8, 4) is 0 Å². The monoisotopic (exact) mass is 196 g/mol. The van der Waals surface area contributed by atoms with E-state index >= 15 is 0 Å². The third-order valence-corrected chi connectivity index (χ3v) is 3.88. The summed E-state index contributed by atoms with van der Waals surface area (Å²) in [7, 11) is 0. The number of likely N-dealkylation sites (tertiary alicyclic amines) is 1. The van der Waals surface area contributed by atoms with Crippen molar-refractivity contribution >= 4 is 0 Å². The first-order chi connectivity index (χ1) is 6.86. The van der Waals surface area contributed by atoms with Crippen LogP contribution in [0.25, 0.3) is 0 Å². The second kappa shape index (κ2) is 5.13. The maximum Gasteiger partial charge on any atom is 0.0571 e. The fraction of sp³-hybridized carbons (Fsp3) is 1.00. The Morgan fingerprint density at radius 2 is 1.64 bits per heavy atom. The van der Waals surface area contributed by atoms with Crippen LogP contribution in [-0.4, -0.2) is 24.2 Å². The van der Waals surface area contributed by atoms with Gasteiger partial charge in [0, 0.05) is 6.54 Å². The van der Waals surface area contributed by atoms with Crippen molar-refractivity contribution in [3.05, 3.63) is 0 Å². The minimum absolute atomic E-state index is 0.366. The molecule has 2 heteroatoms. The van der Waals surface area contributed by atoms with Crippen molar-refractivity contribution in [2.75, 3.05) is 13.1 Å². The summed E-state index contributed by atoms with van der Waals surface area (Å²) in [5, 5.41) is 0. The van der Waals surface area contributed by atoms with E-state index in [9.17, 15) is 0 Å². The lowest BCUT2D eigenvalue weighted by Crippen LogP contribution is -2.47. The average Bonchev–Trinajstić information content (AvgIpc) is 2.23. The van der Waals surface area contributed by atoms with Gasteiger partial charge in [-0.1, -0.05) is 19.3 Å². The van der Waals surface area contributed by atoms with Gasteiger partial charge in [0.1, 0.15) is 0 Å². The van der Waals surface area contributed by atoms with Gasteiger partial charge in [-0.2, -0.15) is 0 Å². The second-order valence-electron chi connectivity index (χ2n) is 5.06. The van der Waals surface area contributed by atoms with Gasteiger partial charge < -0.3 is 5.73 Å². The van der Waals surface area contributed by atoms with Gasteiger partial charge in [-0.15, -0.1) is 0 Å². The van der Waals surface area contributed by atoms with Crippen LogP contribution >= 0.6 is 0 Å². The van der Waals surface area contributed by atoms with E-state index in [0.29, 0.717) is 6.17 Å². The Labute approximate surface area is 87.8 Å². The minimum atomic E-state index is 0.366. The van der Waals surface area contributed by atoms with Crippen LogP contribution < -0.4 is 5.73 Å². The van der Waals surface area contributed by atoms with Crippen LogP contribution in [0.3, 0.4) is 0 Å². The summed E-state index contributed by atoms with van der Waals surface area (Å²) < 4.78 is 0. The molecule has 0 bridgehead atoms. The zero-order chi connectivity index (χ0) is 9.80. The molecule has 1 unspecified atom stereocenters. The average molecular weight is 196 g/mol. The van der Waals surface area contributed by atoms with Gasteiger partial charge in [0.2, 0.25) is 0 Å². The lowest BCUT2D eigenvalue weighted by molar-refractivity contribution is 0.116. The first-order valence-electron chi connectivity index (χ1n) is 6.36. The first-order valence-corrected chi connectivity index (χ1v) is 6.36. The quantitative estimate of drug-likeness (QED) is 0.734. The molecular weight excluding hydrogens is 172 g/mol. The molecule has 0 spiro atoms. The molecule has 14 heavy (non-hydrogen) atoms. The molecule has 0 aromatic heterocycles. The molecule has 2 aliphatic rings. The molecule has 0 aromatic carbocycles.